The van der Waals surface area contributed by atoms with Gasteiger partial charge in [-0.05, 0) is 51.1 Å². The number of nitrogens with zero attached hydrogens (tertiary/aromatic N) is 2. The number of carbonyl (C=O) groups excluding carboxylic acids is 1. The molecule has 0 radical (unpaired) electrons. The van der Waals surface area contributed by atoms with E-state index >= 15 is 0 Å². The molecule has 1 aromatic carbocycles. The summed E-state index contributed by atoms with van der Waals surface area (Å²) in [6, 6.07) is 8.94. The van der Waals surface area contributed by atoms with Gasteiger partial charge in [0, 0.05) is 19.3 Å². The third kappa shape index (κ3) is 6.63. The topological polar surface area (TPSA) is 127 Å². The number of halogens is 1. The third-order valence-electron chi connectivity index (χ3n) is 5.03. The van der Waals surface area contributed by atoms with Crippen LogP contribution in [0.2, 0.25) is 4.34 Å². The van der Waals surface area contributed by atoms with Crippen molar-refractivity contribution in [3.05, 3.63) is 57.4 Å². The first-order valence-corrected chi connectivity index (χ1v) is 14.0. The quantitative estimate of drug-likeness (QED) is 0.236. The first-order valence-electron chi connectivity index (χ1n) is 11.4. The normalized spacial score (nSPS) is 12.1. The Bertz CT molecular complexity index is 1350. The van der Waals surface area contributed by atoms with Crippen molar-refractivity contribution in [2.45, 2.75) is 31.9 Å². The van der Waals surface area contributed by atoms with E-state index in [1.807, 2.05) is 13.8 Å². The molecule has 0 bridgehead atoms. The van der Waals surface area contributed by atoms with E-state index in [-0.39, 0.29) is 32.1 Å². The molecule has 3 aromatic rings. The predicted octanol–water partition coefficient (Wildman–Crippen LogP) is 4.70. The first-order chi connectivity index (χ1) is 17.6. The molecule has 0 amide bonds. The lowest BCUT2D eigenvalue weighted by atomic mass is 10.2. The molecule has 3 rings (SSSR count). The summed E-state index contributed by atoms with van der Waals surface area (Å²) < 4.78 is 44.6. The number of aliphatic hydroxyl groups excluding tert-OH is 1. The smallest absolute Gasteiger partial charge is 0.338 e. The second kappa shape index (κ2) is 12.5. The van der Waals surface area contributed by atoms with Gasteiger partial charge in [0.05, 0.1) is 40.3 Å². The van der Waals surface area contributed by atoms with Crippen LogP contribution in [0.25, 0.3) is 0 Å². The molecule has 1 atom stereocenters. The largest absolute Gasteiger partial charge is 0.490 e. The second-order valence-corrected chi connectivity index (χ2v) is 11.1. The Kier molecular flexibility index (Phi) is 9.60. The van der Waals surface area contributed by atoms with Gasteiger partial charge in [-0.3, -0.25) is 4.31 Å². The second-order valence-electron chi connectivity index (χ2n) is 7.45. The predicted molar refractivity (Wildman–Crippen MR) is 142 cm³/mol. The maximum atomic E-state index is 13.6. The van der Waals surface area contributed by atoms with Crippen molar-refractivity contribution < 1.29 is 32.5 Å². The molecular weight excluding hydrogens is 542 g/mol. The molecule has 0 saturated carbocycles. The van der Waals surface area contributed by atoms with Crippen molar-refractivity contribution in [3.63, 3.8) is 0 Å². The van der Waals surface area contributed by atoms with Crippen molar-refractivity contribution in [1.29, 1.82) is 0 Å². The number of esters is 1. The summed E-state index contributed by atoms with van der Waals surface area (Å²) in [7, 11) is -2.77. The number of pyridine rings is 1. The number of benzene rings is 1. The summed E-state index contributed by atoms with van der Waals surface area (Å²) in [5, 5.41) is 13.6. The van der Waals surface area contributed by atoms with E-state index in [4.69, 9.17) is 25.8 Å². The minimum Gasteiger partial charge on any atom is -0.490 e. The fourth-order valence-electron chi connectivity index (χ4n) is 3.33. The molecule has 0 saturated heterocycles. The number of anilines is 2. The highest BCUT2D eigenvalue weighted by molar-refractivity contribution is 7.93. The molecule has 200 valence electrons. The summed E-state index contributed by atoms with van der Waals surface area (Å²) in [5.74, 6) is 0.498. The summed E-state index contributed by atoms with van der Waals surface area (Å²) in [6.45, 7) is 6.33. The number of carbonyl (C=O) groups is 1. The van der Waals surface area contributed by atoms with E-state index in [1.54, 1.807) is 25.1 Å². The van der Waals surface area contributed by atoms with Gasteiger partial charge in [-0.1, -0.05) is 11.6 Å². The van der Waals surface area contributed by atoms with Gasteiger partial charge in [0.1, 0.15) is 10.7 Å². The average Bonchev–Trinajstić information content (AvgIpc) is 3.28. The van der Waals surface area contributed by atoms with Gasteiger partial charge in [-0.15, -0.1) is 11.3 Å². The molecule has 2 aromatic heterocycles. The van der Waals surface area contributed by atoms with Crippen LogP contribution in [0.1, 0.15) is 42.2 Å². The van der Waals surface area contributed by atoms with Crippen LogP contribution >= 0.6 is 22.9 Å². The van der Waals surface area contributed by atoms with Crippen molar-refractivity contribution >= 4 is 50.4 Å². The summed E-state index contributed by atoms with van der Waals surface area (Å²) >= 11 is 7.08. The van der Waals surface area contributed by atoms with E-state index in [0.717, 1.165) is 15.6 Å². The Hall–Kier alpha value is -3.06. The van der Waals surface area contributed by atoms with Gasteiger partial charge >= 0.3 is 5.97 Å². The number of rotatable bonds is 12. The Morgan fingerprint density at radius 3 is 2.49 bits per heavy atom. The summed E-state index contributed by atoms with van der Waals surface area (Å²) in [6.07, 6.45) is -0.115. The van der Waals surface area contributed by atoms with Crippen LogP contribution in [0, 0.1) is 0 Å². The van der Waals surface area contributed by atoms with Crippen molar-refractivity contribution in [2.24, 2.45) is 0 Å². The molecule has 2 heterocycles. The Labute approximate surface area is 224 Å². The lowest BCUT2D eigenvalue weighted by molar-refractivity contribution is 0.0526. The zero-order valence-electron chi connectivity index (χ0n) is 20.7. The number of sulfonamides is 1. The van der Waals surface area contributed by atoms with E-state index in [1.165, 1.54) is 31.4 Å². The lowest BCUT2D eigenvalue weighted by Crippen LogP contribution is -2.28. The van der Waals surface area contributed by atoms with Crippen LogP contribution in [0.5, 0.6) is 11.5 Å². The van der Waals surface area contributed by atoms with Crippen molar-refractivity contribution in [1.82, 2.24) is 4.98 Å². The number of hydrogen-bond donors (Lipinski definition) is 2. The zero-order chi connectivity index (χ0) is 27.2. The Morgan fingerprint density at radius 2 is 1.81 bits per heavy atom. The molecule has 0 fully saturated rings. The molecule has 2 N–H and O–H groups in total. The SMILES string of the molecule is CCOC(=O)c1ccnc(NC(O)c2sc(Cl)cc2S(=O)(=O)N(C)c2ccc(OCC)c(OCC)c2)c1. The number of ether oxygens (including phenoxy) is 3. The van der Waals surface area contributed by atoms with Gasteiger partial charge in [-0.2, -0.15) is 0 Å². The van der Waals surface area contributed by atoms with Gasteiger partial charge in [-0.25, -0.2) is 18.2 Å². The van der Waals surface area contributed by atoms with E-state index in [9.17, 15) is 18.3 Å². The van der Waals surface area contributed by atoms with Gasteiger partial charge in [0.25, 0.3) is 10.0 Å². The molecule has 10 nitrogen and oxygen atoms in total. The fraction of sp³-hybridized carbons (Fsp3) is 0.333. The maximum absolute atomic E-state index is 13.6. The minimum absolute atomic E-state index is 0.0520. The molecule has 37 heavy (non-hydrogen) atoms. The van der Waals surface area contributed by atoms with Gasteiger partial charge < -0.3 is 24.6 Å². The molecule has 0 aliphatic rings. The zero-order valence-corrected chi connectivity index (χ0v) is 23.1. The first kappa shape index (κ1) is 28.5. The molecule has 0 spiro atoms. The van der Waals surface area contributed by atoms with E-state index < -0.39 is 22.2 Å². The number of nitrogens with one attached hydrogen (secondary N) is 1. The molecular formula is C24H28ClN3O7S2. The molecule has 0 aliphatic heterocycles. The van der Waals surface area contributed by atoms with Crippen LogP contribution in [-0.4, -0.2) is 51.3 Å². The lowest BCUT2D eigenvalue weighted by Gasteiger charge is -2.22. The van der Waals surface area contributed by atoms with Crippen LogP contribution in [0.3, 0.4) is 0 Å². The number of aromatic nitrogens is 1. The highest BCUT2D eigenvalue weighted by Gasteiger charge is 2.30. The highest BCUT2D eigenvalue weighted by Crippen LogP contribution is 2.39. The van der Waals surface area contributed by atoms with E-state index in [0.29, 0.717) is 30.4 Å². The highest BCUT2D eigenvalue weighted by atomic mass is 35.5. The molecule has 0 aliphatic carbocycles. The number of aliphatic hydroxyl groups is 1. The summed E-state index contributed by atoms with van der Waals surface area (Å²) in [5.41, 5.74) is 0.551. The third-order valence-corrected chi connectivity index (χ3v) is 8.30. The van der Waals surface area contributed by atoms with Crippen molar-refractivity contribution in [3.8, 4) is 11.5 Å². The standard InChI is InChI=1S/C24H28ClN3O7S2/c1-5-33-17-9-8-16(13-18(17)34-6-2)28(4)37(31,32)19-14-20(25)36-22(19)23(29)27-21-12-15(10-11-26-21)24(30)35-7-3/h8-14,23,29H,5-7H2,1-4H3,(H,26,27). The molecule has 1 unspecified atom stereocenters. The average molecular weight is 570 g/mol. The minimum atomic E-state index is -4.16. The van der Waals surface area contributed by atoms with E-state index in [2.05, 4.69) is 10.3 Å². The Balaban J connectivity index is 1.91. The number of thiophene rings is 1. The fourth-order valence-corrected chi connectivity index (χ4v) is 6.30. The van der Waals surface area contributed by atoms with Crippen molar-refractivity contribution in [2.75, 3.05) is 36.5 Å². The number of hydrogen-bond acceptors (Lipinski definition) is 10. The van der Waals surface area contributed by atoms with Crippen LogP contribution in [0.15, 0.2) is 47.5 Å². The molecule has 13 heteroatoms. The van der Waals surface area contributed by atoms with Crippen LogP contribution in [0.4, 0.5) is 11.5 Å². The monoisotopic (exact) mass is 569 g/mol. The maximum Gasteiger partial charge on any atom is 0.338 e. The van der Waals surface area contributed by atoms with Gasteiger partial charge in [0.2, 0.25) is 0 Å². The van der Waals surface area contributed by atoms with Gasteiger partial charge in [0.15, 0.2) is 17.7 Å². The van der Waals surface area contributed by atoms with Crippen LogP contribution in [-0.2, 0) is 14.8 Å². The van der Waals surface area contributed by atoms with Crippen LogP contribution < -0.4 is 19.1 Å². The summed E-state index contributed by atoms with van der Waals surface area (Å²) in [4.78, 5) is 16.0. The Morgan fingerprint density at radius 1 is 1.11 bits per heavy atom.